The number of nitrogens with zero attached hydrogens (tertiary/aromatic N) is 4. The van der Waals surface area contributed by atoms with Crippen LogP contribution >= 0.6 is 23.2 Å². The Balaban J connectivity index is 1.46. The van der Waals surface area contributed by atoms with Crippen LogP contribution in [0, 0.1) is 0 Å². The van der Waals surface area contributed by atoms with Crippen molar-refractivity contribution in [2.75, 3.05) is 40.3 Å². The Morgan fingerprint density at radius 2 is 1.59 bits per heavy atom. The second-order valence-electron chi connectivity index (χ2n) is 7.51. The fourth-order valence-electron chi connectivity index (χ4n) is 3.37. The van der Waals surface area contributed by atoms with Gasteiger partial charge in [-0.15, -0.1) is 0 Å². The van der Waals surface area contributed by atoms with Crippen LogP contribution in [0.1, 0.15) is 16.8 Å². The van der Waals surface area contributed by atoms with Crippen LogP contribution in [0.2, 0.25) is 10.2 Å². The van der Waals surface area contributed by atoms with Crippen molar-refractivity contribution in [3.8, 4) is 0 Å². The Kier molecular flexibility index (Phi) is 7.84. The average Bonchev–Trinajstić information content (AvgIpc) is 2.97. The molecule has 1 aliphatic heterocycles. The number of piperazine rings is 1. The zero-order chi connectivity index (χ0) is 20.8. The maximum absolute atomic E-state index is 6.12. The summed E-state index contributed by atoms with van der Waals surface area (Å²) in [4.78, 5) is 9.18. The first-order valence-electron chi connectivity index (χ1n) is 9.89. The van der Waals surface area contributed by atoms with Gasteiger partial charge in [0.25, 0.3) is 0 Å². The lowest BCUT2D eigenvalue weighted by Crippen LogP contribution is -2.43. The van der Waals surface area contributed by atoms with Gasteiger partial charge in [-0.3, -0.25) is 9.89 Å². The summed E-state index contributed by atoms with van der Waals surface area (Å²) in [5.41, 5.74) is 3.58. The van der Waals surface area contributed by atoms with E-state index in [2.05, 4.69) is 56.7 Å². The quantitative estimate of drug-likeness (QED) is 0.539. The van der Waals surface area contributed by atoms with Gasteiger partial charge in [0, 0.05) is 59.1 Å². The molecule has 0 bridgehead atoms. The first-order chi connectivity index (χ1) is 14.0. The van der Waals surface area contributed by atoms with Gasteiger partial charge in [-0.1, -0.05) is 47.5 Å². The maximum Gasteiger partial charge on any atom is 0.191 e. The predicted octanol–water partition coefficient (Wildman–Crippen LogP) is 2.94. The molecule has 3 rings (SSSR count). The molecule has 2 N–H and O–H groups in total. The minimum atomic E-state index is 0.545. The summed E-state index contributed by atoms with van der Waals surface area (Å²) >= 11 is 12.2. The molecule has 158 valence electrons. The molecule has 6 nitrogen and oxygen atoms in total. The Hall–Kier alpha value is -1.73. The Bertz CT molecular complexity index is 822. The van der Waals surface area contributed by atoms with Gasteiger partial charge in [0.2, 0.25) is 0 Å². The van der Waals surface area contributed by atoms with E-state index in [4.69, 9.17) is 23.2 Å². The number of aliphatic imine (C=N–C) groups is 1. The van der Waals surface area contributed by atoms with Crippen molar-refractivity contribution in [3.05, 3.63) is 57.3 Å². The molecule has 1 aromatic carbocycles. The molecule has 0 amide bonds. The van der Waals surface area contributed by atoms with Crippen molar-refractivity contribution < 1.29 is 0 Å². The minimum Gasteiger partial charge on any atom is -0.352 e. The molecule has 1 aliphatic rings. The lowest BCUT2D eigenvalue weighted by molar-refractivity contribution is 0.148. The molecular weight excluding hydrogens is 407 g/mol. The van der Waals surface area contributed by atoms with Crippen LogP contribution in [0.3, 0.4) is 0 Å². The van der Waals surface area contributed by atoms with Gasteiger partial charge in [0.1, 0.15) is 5.15 Å². The first kappa shape index (κ1) is 22.0. The van der Waals surface area contributed by atoms with E-state index in [1.807, 2.05) is 17.7 Å². The highest BCUT2D eigenvalue weighted by molar-refractivity contribution is 6.41. The summed E-state index contributed by atoms with van der Waals surface area (Å²) in [5.74, 6) is 0.736. The van der Waals surface area contributed by atoms with Crippen LogP contribution in [0.15, 0.2) is 35.3 Å². The van der Waals surface area contributed by atoms with Crippen molar-refractivity contribution in [2.45, 2.75) is 19.6 Å². The molecule has 0 spiro atoms. The van der Waals surface area contributed by atoms with E-state index in [-0.39, 0.29) is 0 Å². The van der Waals surface area contributed by atoms with Gasteiger partial charge in [-0.05, 0) is 24.2 Å². The molecule has 1 fully saturated rings. The summed E-state index contributed by atoms with van der Waals surface area (Å²) in [6, 6.07) is 10.7. The molecule has 2 heterocycles. The van der Waals surface area contributed by atoms with E-state index in [0.29, 0.717) is 23.3 Å². The van der Waals surface area contributed by atoms with Crippen LogP contribution < -0.4 is 10.6 Å². The molecule has 29 heavy (non-hydrogen) atoms. The predicted molar refractivity (Wildman–Crippen MR) is 122 cm³/mol. The summed E-state index contributed by atoms with van der Waals surface area (Å²) in [6.07, 6.45) is 0. The fourth-order valence-corrected chi connectivity index (χ4v) is 3.78. The Morgan fingerprint density at radius 1 is 0.966 bits per heavy atom. The molecule has 0 atom stereocenters. The number of hydrogen-bond acceptors (Lipinski definition) is 3. The van der Waals surface area contributed by atoms with E-state index in [1.54, 1.807) is 7.05 Å². The number of guanidine groups is 1. The number of rotatable bonds is 6. The molecule has 1 aromatic heterocycles. The molecule has 0 radical (unpaired) electrons. The summed E-state index contributed by atoms with van der Waals surface area (Å²) in [7, 11) is 5.84. The van der Waals surface area contributed by atoms with E-state index < -0.39 is 0 Å². The topological polar surface area (TPSA) is 47.8 Å². The molecule has 0 saturated carbocycles. The Labute approximate surface area is 183 Å². The van der Waals surface area contributed by atoms with Crippen LogP contribution in [0.5, 0.6) is 0 Å². The third kappa shape index (κ3) is 6.12. The van der Waals surface area contributed by atoms with E-state index in [0.717, 1.165) is 44.4 Å². The van der Waals surface area contributed by atoms with Crippen LogP contribution in [0.25, 0.3) is 0 Å². The lowest BCUT2D eigenvalue weighted by Gasteiger charge is -2.32. The third-order valence-corrected chi connectivity index (χ3v) is 6.20. The van der Waals surface area contributed by atoms with E-state index >= 15 is 0 Å². The van der Waals surface area contributed by atoms with Crippen molar-refractivity contribution >= 4 is 29.2 Å². The van der Waals surface area contributed by atoms with E-state index in [1.165, 1.54) is 11.1 Å². The van der Waals surface area contributed by atoms with Crippen LogP contribution in [0.4, 0.5) is 0 Å². The van der Waals surface area contributed by atoms with E-state index in [9.17, 15) is 0 Å². The highest BCUT2D eigenvalue weighted by Crippen LogP contribution is 2.24. The first-order valence-corrected chi connectivity index (χ1v) is 10.6. The molecule has 0 aliphatic carbocycles. The normalized spacial score (nSPS) is 16.2. The molecule has 2 aromatic rings. The average molecular weight is 437 g/mol. The van der Waals surface area contributed by atoms with Crippen molar-refractivity contribution in [3.63, 3.8) is 0 Å². The summed E-state index contributed by atoms with van der Waals surface area (Å²) < 4.78 is 1.86. The SMILES string of the molecule is CN=C(NCc1ccc(CN2CCN(C)CC2)cc1)NCc1cc(Cl)c(Cl)n1C. The van der Waals surface area contributed by atoms with Gasteiger partial charge in [0.05, 0.1) is 11.6 Å². The minimum absolute atomic E-state index is 0.545. The summed E-state index contributed by atoms with van der Waals surface area (Å²) in [5, 5.41) is 7.75. The number of nitrogens with one attached hydrogen (secondary N) is 2. The highest BCUT2D eigenvalue weighted by Gasteiger charge is 2.13. The van der Waals surface area contributed by atoms with Crippen LogP contribution in [-0.2, 0) is 26.7 Å². The largest absolute Gasteiger partial charge is 0.352 e. The molecule has 1 saturated heterocycles. The highest BCUT2D eigenvalue weighted by atomic mass is 35.5. The monoisotopic (exact) mass is 436 g/mol. The van der Waals surface area contributed by atoms with Gasteiger partial charge >= 0.3 is 0 Å². The lowest BCUT2D eigenvalue weighted by atomic mass is 10.1. The van der Waals surface area contributed by atoms with Crippen LogP contribution in [-0.4, -0.2) is 60.6 Å². The second kappa shape index (κ2) is 10.3. The number of hydrogen-bond donors (Lipinski definition) is 2. The smallest absolute Gasteiger partial charge is 0.191 e. The van der Waals surface area contributed by atoms with Gasteiger partial charge in [0.15, 0.2) is 5.96 Å². The van der Waals surface area contributed by atoms with Gasteiger partial charge < -0.3 is 20.1 Å². The Morgan fingerprint density at radius 3 is 2.17 bits per heavy atom. The fraction of sp³-hybridized carbons (Fsp3) is 0.476. The molecular formula is C21H30Cl2N6. The van der Waals surface area contributed by atoms with Gasteiger partial charge in [-0.2, -0.15) is 0 Å². The number of benzene rings is 1. The number of halogens is 2. The van der Waals surface area contributed by atoms with Crippen molar-refractivity contribution in [1.29, 1.82) is 0 Å². The second-order valence-corrected chi connectivity index (χ2v) is 8.27. The van der Waals surface area contributed by atoms with Crippen molar-refractivity contribution in [2.24, 2.45) is 12.0 Å². The third-order valence-electron chi connectivity index (χ3n) is 5.36. The maximum atomic E-state index is 6.12. The number of aromatic nitrogens is 1. The standard InChI is InChI=1S/C21H30Cl2N6/c1-24-21(26-14-18-12-19(22)20(23)28(18)3)25-13-16-4-6-17(7-5-16)15-29-10-8-27(2)9-11-29/h4-7,12H,8-11,13-15H2,1-3H3,(H2,24,25,26). The zero-order valence-corrected chi connectivity index (χ0v) is 18.9. The zero-order valence-electron chi connectivity index (χ0n) is 17.4. The number of likely N-dealkylation sites (N-methyl/N-ethyl adjacent to an activating group) is 1. The van der Waals surface area contributed by atoms with Crippen molar-refractivity contribution in [1.82, 2.24) is 25.0 Å². The molecule has 0 unspecified atom stereocenters. The van der Waals surface area contributed by atoms with Gasteiger partial charge in [-0.25, -0.2) is 0 Å². The summed E-state index contributed by atoms with van der Waals surface area (Å²) in [6.45, 7) is 6.89. The molecule has 8 heteroatoms.